The molecular weight excluding hydrogens is 356 g/mol. The van der Waals surface area contributed by atoms with E-state index in [1.54, 1.807) is 15.8 Å². The van der Waals surface area contributed by atoms with E-state index in [9.17, 15) is 4.79 Å². The zero-order chi connectivity index (χ0) is 20.1. The van der Waals surface area contributed by atoms with E-state index in [2.05, 4.69) is 46.0 Å². The van der Waals surface area contributed by atoms with Crippen molar-refractivity contribution in [2.45, 2.75) is 19.9 Å². The highest BCUT2D eigenvalue weighted by Crippen LogP contribution is 2.16. The first-order valence-corrected chi connectivity index (χ1v) is 10.2. The molecule has 1 atom stereocenters. The molecule has 1 aromatic rings. The van der Waals surface area contributed by atoms with Crippen LogP contribution in [-0.4, -0.2) is 108 Å². The van der Waals surface area contributed by atoms with Crippen molar-refractivity contribution < 1.29 is 4.79 Å². The lowest BCUT2D eigenvalue weighted by atomic mass is 10.2. The van der Waals surface area contributed by atoms with Crippen LogP contribution in [0.4, 0.5) is 5.69 Å². The van der Waals surface area contributed by atoms with Crippen LogP contribution in [0.1, 0.15) is 13.8 Å². The van der Waals surface area contributed by atoms with Gasteiger partial charge in [0.15, 0.2) is 5.96 Å². The van der Waals surface area contributed by atoms with Crippen LogP contribution in [-0.2, 0) is 11.8 Å². The van der Waals surface area contributed by atoms with Crippen LogP contribution < -0.4 is 10.2 Å². The highest BCUT2D eigenvalue weighted by Gasteiger charge is 2.28. The van der Waals surface area contributed by atoms with Crippen LogP contribution in [0.25, 0.3) is 0 Å². The maximum atomic E-state index is 12.7. The third-order valence-corrected chi connectivity index (χ3v) is 5.52. The fourth-order valence-corrected chi connectivity index (χ4v) is 3.70. The number of nitrogens with one attached hydrogen (secondary N) is 1. The molecule has 0 bridgehead atoms. The lowest BCUT2D eigenvalue weighted by Crippen LogP contribution is -2.55. The lowest BCUT2D eigenvalue weighted by molar-refractivity contribution is -0.120. The van der Waals surface area contributed by atoms with Gasteiger partial charge in [0.25, 0.3) is 0 Å². The Labute approximate surface area is 168 Å². The molecule has 156 valence electrons. The van der Waals surface area contributed by atoms with Crippen molar-refractivity contribution in [3.63, 3.8) is 0 Å². The van der Waals surface area contributed by atoms with Crippen LogP contribution in [0.5, 0.6) is 0 Å². The van der Waals surface area contributed by atoms with Gasteiger partial charge in [-0.05, 0) is 20.9 Å². The molecule has 1 amide bonds. The molecule has 1 unspecified atom stereocenters. The Kier molecular flexibility index (Phi) is 6.90. The molecule has 1 aromatic heterocycles. The minimum atomic E-state index is 0.0805. The molecule has 28 heavy (non-hydrogen) atoms. The maximum Gasteiger partial charge on any atom is 0.246 e. The quantitative estimate of drug-likeness (QED) is 0.548. The largest absolute Gasteiger partial charge is 0.357 e. The Balaban J connectivity index is 1.59. The van der Waals surface area contributed by atoms with Crippen molar-refractivity contribution in [2.24, 2.45) is 12.0 Å². The number of hydrogen-bond acceptors (Lipinski definition) is 5. The highest BCUT2D eigenvalue weighted by molar-refractivity contribution is 5.98. The molecule has 3 rings (SSSR count). The van der Waals surface area contributed by atoms with Gasteiger partial charge in [0.1, 0.15) is 6.54 Å². The van der Waals surface area contributed by atoms with Crippen LogP contribution >= 0.6 is 0 Å². The van der Waals surface area contributed by atoms with Gasteiger partial charge in [-0.1, -0.05) is 0 Å². The van der Waals surface area contributed by atoms with E-state index in [0.717, 1.165) is 57.5 Å². The summed E-state index contributed by atoms with van der Waals surface area (Å²) in [4.78, 5) is 26.3. The van der Waals surface area contributed by atoms with Crippen LogP contribution in [0.3, 0.4) is 0 Å². The Bertz CT molecular complexity index is 679. The van der Waals surface area contributed by atoms with Crippen molar-refractivity contribution >= 4 is 17.6 Å². The van der Waals surface area contributed by atoms with Gasteiger partial charge in [-0.15, -0.1) is 0 Å². The van der Waals surface area contributed by atoms with Crippen LogP contribution in [0, 0.1) is 0 Å². The lowest BCUT2D eigenvalue weighted by Gasteiger charge is -2.37. The third kappa shape index (κ3) is 5.02. The number of rotatable bonds is 5. The predicted octanol–water partition coefficient (Wildman–Crippen LogP) is -0.330. The molecule has 9 heteroatoms. The number of aryl methyl sites for hydroxylation is 1. The highest BCUT2D eigenvalue weighted by atomic mass is 16.2. The molecule has 9 nitrogen and oxygen atoms in total. The van der Waals surface area contributed by atoms with Gasteiger partial charge in [0.2, 0.25) is 5.91 Å². The number of piperazine rings is 2. The fourth-order valence-electron chi connectivity index (χ4n) is 3.70. The second kappa shape index (κ2) is 9.38. The van der Waals surface area contributed by atoms with Crippen molar-refractivity contribution in [2.75, 3.05) is 70.9 Å². The summed E-state index contributed by atoms with van der Waals surface area (Å²) >= 11 is 0. The zero-order valence-electron chi connectivity index (χ0n) is 17.6. The standard InChI is InChI=1S/C19H34N8O/c1-5-20-19(21-12-16(2)25-8-6-23(3)7-9-25)26-10-11-27(18(28)15-26)17-13-22-24(4)14-17/h13-14,16H,5-12,15H2,1-4H3,(H,20,21). The number of likely N-dealkylation sites (N-methyl/N-ethyl adjacent to an activating group) is 1. The molecule has 0 aliphatic carbocycles. The third-order valence-electron chi connectivity index (χ3n) is 5.52. The van der Waals surface area contributed by atoms with E-state index >= 15 is 0 Å². The van der Waals surface area contributed by atoms with Crippen molar-refractivity contribution in [1.29, 1.82) is 0 Å². The monoisotopic (exact) mass is 390 g/mol. The van der Waals surface area contributed by atoms with Gasteiger partial charge in [0, 0.05) is 65.1 Å². The number of anilines is 1. The average molecular weight is 391 g/mol. The number of hydrogen-bond donors (Lipinski definition) is 1. The second-order valence-electron chi connectivity index (χ2n) is 7.72. The summed E-state index contributed by atoms with van der Waals surface area (Å²) in [5, 5.41) is 7.53. The normalized spacial score (nSPS) is 21.3. The molecule has 2 aliphatic rings. The summed E-state index contributed by atoms with van der Waals surface area (Å²) in [6.45, 7) is 12.0. The molecule has 0 saturated carbocycles. The fraction of sp³-hybridized carbons (Fsp3) is 0.737. The van der Waals surface area contributed by atoms with Gasteiger partial charge >= 0.3 is 0 Å². The number of carbonyl (C=O) groups is 1. The molecular formula is C19H34N8O. The van der Waals surface area contributed by atoms with Crippen LogP contribution in [0.15, 0.2) is 17.4 Å². The molecule has 1 N–H and O–H groups in total. The number of amides is 1. The van der Waals surface area contributed by atoms with E-state index in [4.69, 9.17) is 4.99 Å². The minimum absolute atomic E-state index is 0.0805. The zero-order valence-corrected chi connectivity index (χ0v) is 17.6. The first-order chi connectivity index (χ1) is 13.5. The van der Waals surface area contributed by atoms with E-state index < -0.39 is 0 Å². The Morgan fingerprint density at radius 1 is 1.21 bits per heavy atom. The molecule has 2 fully saturated rings. The predicted molar refractivity (Wildman–Crippen MR) is 112 cm³/mol. The smallest absolute Gasteiger partial charge is 0.246 e. The van der Waals surface area contributed by atoms with E-state index in [-0.39, 0.29) is 5.91 Å². The number of aromatic nitrogens is 2. The van der Waals surface area contributed by atoms with Gasteiger partial charge < -0.3 is 20.0 Å². The number of guanidine groups is 1. The first kappa shape index (κ1) is 20.6. The number of aliphatic imine (C=N–C) groups is 1. The van der Waals surface area contributed by atoms with Crippen molar-refractivity contribution in [3.8, 4) is 0 Å². The summed E-state index contributed by atoms with van der Waals surface area (Å²) in [5.74, 6) is 0.916. The van der Waals surface area contributed by atoms with E-state index in [1.807, 2.05) is 13.2 Å². The van der Waals surface area contributed by atoms with Crippen molar-refractivity contribution in [1.82, 2.24) is 29.8 Å². The van der Waals surface area contributed by atoms with Crippen LogP contribution in [0.2, 0.25) is 0 Å². The number of nitrogens with zero attached hydrogens (tertiary/aromatic N) is 7. The topological polar surface area (TPSA) is 72.2 Å². The Morgan fingerprint density at radius 2 is 1.96 bits per heavy atom. The van der Waals surface area contributed by atoms with Gasteiger partial charge in [-0.2, -0.15) is 5.10 Å². The van der Waals surface area contributed by atoms with Gasteiger partial charge in [-0.25, -0.2) is 0 Å². The molecule has 3 heterocycles. The molecule has 0 spiro atoms. The van der Waals surface area contributed by atoms with Crippen molar-refractivity contribution in [3.05, 3.63) is 12.4 Å². The van der Waals surface area contributed by atoms with Gasteiger partial charge in [-0.3, -0.25) is 19.4 Å². The SMILES string of the molecule is CCNC(=NCC(C)N1CCN(C)CC1)N1CCN(c2cnn(C)c2)C(=O)C1. The average Bonchev–Trinajstić information content (AvgIpc) is 3.11. The van der Waals surface area contributed by atoms with Gasteiger partial charge in [0.05, 0.1) is 18.4 Å². The minimum Gasteiger partial charge on any atom is -0.357 e. The summed E-state index contributed by atoms with van der Waals surface area (Å²) in [6, 6.07) is 0.398. The summed E-state index contributed by atoms with van der Waals surface area (Å²) in [7, 11) is 4.04. The van der Waals surface area contributed by atoms with E-state index in [0.29, 0.717) is 19.1 Å². The number of carbonyl (C=O) groups excluding carboxylic acids is 1. The maximum absolute atomic E-state index is 12.7. The second-order valence-corrected chi connectivity index (χ2v) is 7.72. The summed E-state index contributed by atoms with van der Waals surface area (Å²) < 4.78 is 1.72. The molecule has 0 aromatic carbocycles. The summed E-state index contributed by atoms with van der Waals surface area (Å²) in [6.07, 6.45) is 3.62. The molecule has 2 saturated heterocycles. The molecule has 0 radical (unpaired) electrons. The Morgan fingerprint density at radius 3 is 2.57 bits per heavy atom. The molecule has 2 aliphatic heterocycles. The summed E-state index contributed by atoms with van der Waals surface area (Å²) in [5.41, 5.74) is 0.859. The van der Waals surface area contributed by atoms with E-state index in [1.165, 1.54) is 0 Å². The first-order valence-electron chi connectivity index (χ1n) is 10.2. The Hall–Kier alpha value is -2.13.